The second kappa shape index (κ2) is 5.35. The van der Waals surface area contributed by atoms with Crippen LogP contribution in [0.3, 0.4) is 0 Å². The van der Waals surface area contributed by atoms with E-state index in [1.165, 1.54) is 4.90 Å². The number of ether oxygens (including phenoxy) is 1. The number of halogens is 2. The van der Waals surface area contributed by atoms with Crippen LogP contribution in [-0.2, 0) is 4.74 Å². The van der Waals surface area contributed by atoms with Crippen LogP contribution in [0, 0.1) is 11.6 Å². The molecule has 0 unspecified atom stereocenters. The third kappa shape index (κ3) is 2.65. The molecule has 0 aromatic heterocycles. The fraction of sp³-hybridized carbons (Fsp3) is 0.533. The van der Waals surface area contributed by atoms with Crippen molar-refractivity contribution in [2.45, 2.75) is 31.0 Å². The third-order valence-corrected chi connectivity index (χ3v) is 4.27. The van der Waals surface area contributed by atoms with Gasteiger partial charge in [-0.15, -0.1) is 0 Å². The van der Waals surface area contributed by atoms with E-state index in [1.807, 2.05) is 0 Å². The van der Waals surface area contributed by atoms with Crippen molar-refractivity contribution in [3.05, 3.63) is 35.4 Å². The molecule has 114 valence electrons. The van der Waals surface area contributed by atoms with Gasteiger partial charge in [0.25, 0.3) is 5.91 Å². The van der Waals surface area contributed by atoms with Crippen molar-refractivity contribution in [1.82, 2.24) is 4.90 Å². The SMILES string of the molecule is O=C(c1cc(F)cc(F)c1)N1CC[C@H](O)[C@]2(CCCO2)C1. The lowest BCUT2D eigenvalue weighted by Crippen LogP contribution is -2.57. The molecule has 0 saturated carbocycles. The van der Waals surface area contributed by atoms with Gasteiger partial charge in [-0.1, -0.05) is 0 Å². The van der Waals surface area contributed by atoms with Crippen LogP contribution in [0.4, 0.5) is 8.78 Å². The summed E-state index contributed by atoms with van der Waals surface area (Å²) in [4.78, 5) is 13.9. The lowest BCUT2D eigenvalue weighted by molar-refractivity contribution is -0.124. The van der Waals surface area contributed by atoms with Crippen LogP contribution in [-0.4, -0.2) is 47.3 Å². The molecule has 0 bridgehead atoms. The molecule has 2 heterocycles. The number of hydrogen-bond donors (Lipinski definition) is 1. The van der Waals surface area contributed by atoms with E-state index in [0.717, 1.165) is 24.6 Å². The van der Waals surface area contributed by atoms with Gasteiger partial charge in [0, 0.05) is 24.8 Å². The van der Waals surface area contributed by atoms with Gasteiger partial charge in [0.15, 0.2) is 0 Å². The quantitative estimate of drug-likeness (QED) is 0.858. The molecule has 2 aliphatic rings. The van der Waals surface area contributed by atoms with Gasteiger partial charge in [0.2, 0.25) is 0 Å². The molecule has 1 spiro atoms. The van der Waals surface area contributed by atoms with Gasteiger partial charge < -0.3 is 14.7 Å². The second-order valence-corrected chi connectivity index (χ2v) is 5.71. The molecular weight excluding hydrogens is 280 g/mol. The minimum absolute atomic E-state index is 0.0166. The zero-order chi connectivity index (χ0) is 15.0. The minimum atomic E-state index is -0.776. The summed E-state index contributed by atoms with van der Waals surface area (Å²) in [5.74, 6) is -1.99. The summed E-state index contributed by atoms with van der Waals surface area (Å²) in [5, 5.41) is 10.1. The highest BCUT2D eigenvalue weighted by Gasteiger charge is 2.47. The van der Waals surface area contributed by atoms with Crippen LogP contribution in [0.15, 0.2) is 18.2 Å². The predicted molar refractivity (Wildman–Crippen MR) is 70.8 cm³/mol. The minimum Gasteiger partial charge on any atom is -0.390 e. The first-order valence-corrected chi connectivity index (χ1v) is 7.08. The van der Waals surface area contributed by atoms with E-state index in [1.54, 1.807) is 0 Å². The highest BCUT2D eigenvalue weighted by Crippen LogP contribution is 2.35. The van der Waals surface area contributed by atoms with Crippen LogP contribution in [0.5, 0.6) is 0 Å². The van der Waals surface area contributed by atoms with Gasteiger partial charge in [-0.2, -0.15) is 0 Å². The molecule has 2 atom stereocenters. The Morgan fingerprint density at radius 3 is 2.67 bits per heavy atom. The number of nitrogens with zero attached hydrogens (tertiary/aromatic N) is 1. The Balaban J connectivity index is 1.81. The molecule has 2 aliphatic heterocycles. The van der Waals surface area contributed by atoms with Crippen molar-refractivity contribution in [3.63, 3.8) is 0 Å². The van der Waals surface area contributed by atoms with E-state index in [4.69, 9.17) is 4.74 Å². The molecule has 4 nitrogen and oxygen atoms in total. The number of piperidine rings is 1. The maximum atomic E-state index is 13.2. The molecule has 1 N–H and O–H groups in total. The van der Waals surface area contributed by atoms with Crippen molar-refractivity contribution in [2.75, 3.05) is 19.7 Å². The summed E-state index contributed by atoms with van der Waals surface area (Å²) in [7, 11) is 0. The average molecular weight is 297 g/mol. The monoisotopic (exact) mass is 297 g/mol. The molecule has 0 radical (unpaired) electrons. The van der Waals surface area contributed by atoms with Crippen molar-refractivity contribution >= 4 is 5.91 Å². The summed E-state index contributed by atoms with van der Waals surface area (Å²) in [6, 6.07) is 2.79. The molecule has 0 aliphatic carbocycles. The van der Waals surface area contributed by atoms with Crippen LogP contribution in [0.2, 0.25) is 0 Å². The fourth-order valence-corrected chi connectivity index (χ4v) is 3.19. The van der Waals surface area contributed by atoms with Crippen LogP contribution in [0.1, 0.15) is 29.6 Å². The summed E-state index contributed by atoms with van der Waals surface area (Å²) < 4.78 is 32.1. The maximum absolute atomic E-state index is 13.2. The fourth-order valence-electron chi connectivity index (χ4n) is 3.19. The Morgan fingerprint density at radius 1 is 1.33 bits per heavy atom. The standard InChI is InChI=1S/C15H17F2NO3/c16-11-6-10(7-12(17)8-11)14(20)18-4-2-13(19)15(9-18)3-1-5-21-15/h6-8,13,19H,1-5,9H2/t13-,15-/m0/s1. The Bertz CT molecular complexity index is 538. The Kier molecular flexibility index (Phi) is 3.67. The number of carbonyl (C=O) groups excluding carboxylic acids is 1. The van der Waals surface area contributed by atoms with E-state index >= 15 is 0 Å². The Labute approximate surface area is 121 Å². The summed E-state index contributed by atoms with van der Waals surface area (Å²) in [5.41, 5.74) is -0.739. The Hall–Kier alpha value is -1.53. The first-order valence-electron chi connectivity index (χ1n) is 7.08. The summed E-state index contributed by atoms with van der Waals surface area (Å²) in [6.07, 6.45) is 1.33. The lowest BCUT2D eigenvalue weighted by Gasteiger charge is -2.43. The zero-order valence-corrected chi connectivity index (χ0v) is 11.5. The average Bonchev–Trinajstić information content (AvgIpc) is 2.89. The largest absolute Gasteiger partial charge is 0.390 e. The van der Waals surface area contributed by atoms with E-state index in [9.17, 15) is 18.7 Å². The zero-order valence-electron chi connectivity index (χ0n) is 11.5. The van der Waals surface area contributed by atoms with Crippen LogP contribution < -0.4 is 0 Å². The first-order chi connectivity index (χ1) is 10.00. The van der Waals surface area contributed by atoms with Gasteiger partial charge in [-0.3, -0.25) is 4.79 Å². The molecule has 6 heteroatoms. The number of carbonyl (C=O) groups is 1. The lowest BCUT2D eigenvalue weighted by atomic mass is 9.87. The Morgan fingerprint density at radius 2 is 2.05 bits per heavy atom. The number of aliphatic hydroxyl groups is 1. The summed E-state index contributed by atoms with van der Waals surface area (Å²) >= 11 is 0. The van der Waals surface area contributed by atoms with E-state index < -0.39 is 29.2 Å². The van der Waals surface area contributed by atoms with Gasteiger partial charge in [0.1, 0.15) is 17.2 Å². The number of hydrogen-bond acceptors (Lipinski definition) is 3. The van der Waals surface area contributed by atoms with Crippen molar-refractivity contribution < 1.29 is 23.4 Å². The first kappa shape index (κ1) is 14.4. The molecular formula is C15H17F2NO3. The maximum Gasteiger partial charge on any atom is 0.254 e. The smallest absolute Gasteiger partial charge is 0.254 e. The van der Waals surface area contributed by atoms with Gasteiger partial charge >= 0.3 is 0 Å². The topological polar surface area (TPSA) is 49.8 Å². The van der Waals surface area contributed by atoms with E-state index in [0.29, 0.717) is 26.0 Å². The van der Waals surface area contributed by atoms with E-state index in [2.05, 4.69) is 0 Å². The highest BCUT2D eigenvalue weighted by atomic mass is 19.1. The van der Waals surface area contributed by atoms with Crippen LogP contribution >= 0.6 is 0 Å². The van der Waals surface area contributed by atoms with Gasteiger partial charge in [0.05, 0.1) is 12.6 Å². The number of aliphatic hydroxyl groups excluding tert-OH is 1. The van der Waals surface area contributed by atoms with Gasteiger partial charge in [-0.25, -0.2) is 8.78 Å². The third-order valence-electron chi connectivity index (χ3n) is 4.27. The molecule has 1 amide bonds. The van der Waals surface area contributed by atoms with Crippen molar-refractivity contribution in [2.24, 2.45) is 0 Å². The summed E-state index contributed by atoms with van der Waals surface area (Å²) in [6.45, 7) is 1.17. The molecule has 1 aromatic rings. The van der Waals surface area contributed by atoms with Crippen LogP contribution in [0.25, 0.3) is 0 Å². The highest BCUT2D eigenvalue weighted by molar-refractivity contribution is 5.94. The normalized spacial score (nSPS) is 29.1. The number of rotatable bonds is 1. The molecule has 3 rings (SSSR count). The van der Waals surface area contributed by atoms with Crippen molar-refractivity contribution in [3.8, 4) is 0 Å². The molecule has 2 fully saturated rings. The number of amides is 1. The van der Waals surface area contributed by atoms with Gasteiger partial charge in [-0.05, 0) is 31.4 Å². The number of likely N-dealkylation sites (tertiary alicyclic amines) is 1. The molecule has 1 aromatic carbocycles. The number of benzene rings is 1. The van der Waals surface area contributed by atoms with Crippen molar-refractivity contribution in [1.29, 1.82) is 0 Å². The molecule has 21 heavy (non-hydrogen) atoms. The van der Waals surface area contributed by atoms with E-state index in [-0.39, 0.29) is 12.1 Å². The predicted octanol–water partition coefficient (Wildman–Crippen LogP) is 1.72. The second-order valence-electron chi connectivity index (χ2n) is 5.71. The molecule has 2 saturated heterocycles.